The van der Waals surface area contributed by atoms with Gasteiger partial charge < -0.3 is 19.6 Å². The molecule has 0 aliphatic heterocycles. The van der Waals surface area contributed by atoms with E-state index in [9.17, 15) is 14.4 Å². The number of benzene rings is 2. The molecule has 2 amide bonds. The number of fused-ring (bicyclic) bond motifs is 1. The summed E-state index contributed by atoms with van der Waals surface area (Å²) in [5.41, 5.74) is 0.150. The predicted octanol–water partition coefficient (Wildman–Crippen LogP) is 2.66. The molecular formula is C21H15ClN4O5. The summed E-state index contributed by atoms with van der Waals surface area (Å²) < 4.78 is 10.1. The van der Waals surface area contributed by atoms with E-state index in [-0.39, 0.29) is 30.4 Å². The van der Waals surface area contributed by atoms with Crippen LogP contribution in [0.1, 0.15) is 21.0 Å². The van der Waals surface area contributed by atoms with Gasteiger partial charge in [-0.2, -0.15) is 4.98 Å². The molecule has 0 spiro atoms. The van der Waals surface area contributed by atoms with Crippen LogP contribution in [0.2, 0.25) is 5.02 Å². The summed E-state index contributed by atoms with van der Waals surface area (Å²) in [5, 5.41) is 10.00. The Morgan fingerprint density at radius 2 is 1.74 bits per heavy atom. The highest BCUT2D eigenvalue weighted by atomic mass is 35.5. The molecule has 0 radical (unpaired) electrons. The number of hydrogen-bond donors (Lipinski definition) is 2. The largest absolute Gasteiger partial charge is 0.422 e. The average Bonchev–Trinajstić information content (AvgIpc) is 3.26. The van der Waals surface area contributed by atoms with E-state index in [0.717, 1.165) is 0 Å². The van der Waals surface area contributed by atoms with E-state index >= 15 is 0 Å². The summed E-state index contributed by atoms with van der Waals surface area (Å²) >= 11 is 5.93. The first kappa shape index (κ1) is 20.3. The maximum atomic E-state index is 12.3. The van der Waals surface area contributed by atoms with Gasteiger partial charge in [0.15, 0.2) is 0 Å². The number of aromatic nitrogens is 2. The van der Waals surface area contributed by atoms with E-state index in [0.29, 0.717) is 21.6 Å². The Morgan fingerprint density at radius 3 is 2.55 bits per heavy atom. The molecule has 2 aromatic heterocycles. The van der Waals surface area contributed by atoms with Gasteiger partial charge in [-0.1, -0.05) is 47.1 Å². The van der Waals surface area contributed by atoms with Crippen molar-refractivity contribution in [3.05, 3.63) is 81.5 Å². The van der Waals surface area contributed by atoms with Crippen LogP contribution >= 0.6 is 11.6 Å². The lowest BCUT2D eigenvalue weighted by Gasteiger charge is -2.05. The van der Waals surface area contributed by atoms with Gasteiger partial charge in [-0.3, -0.25) is 9.59 Å². The van der Waals surface area contributed by atoms with Crippen LogP contribution in [0, 0.1) is 0 Å². The van der Waals surface area contributed by atoms with Crippen molar-refractivity contribution in [2.75, 3.05) is 13.1 Å². The number of halogens is 1. The number of carbonyl (C=O) groups excluding carboxylic acids is 2. The smallest absolute Gasteiger partial charge is 0.349 e. The van der Waals surface area contributed by atoms with Crippen LogP contribution in [-0.2, 0) is 0 Å². The first-order valence-corrected chi connectivity index (χ1v) is 9.58. The second-order valence-electron chi connectivity index (χ2n) is 6.43. The molecule has 0 atom stereocenters. The maximum Gasteiger partial charge on any atom is 0.349 e. The zero-order valence-electron chi connectivity index (χ0n) is 15.9. The Morgan fingerprint density at radius 1 is 0.968 bits per heavy atom. The zero-order valence-corrected chi connectivity index (χ0v) is 16.7. The molecule has 156 valence electrons. The number of rotatable bonds is 6. The number of nitrogens with one attached hydrogen (secondary N) is 2. The minimum absolute atomic E-state index is 0.0755. The Balaban J connectivity index is 1.32. The van der Waals surface area contributed by atoms with Gasteiger partial charge in [0, 0.05) is 29.1 Å². The van der Waals surface area contributed by atoms with Crippen LogP contribution in [0.4, 0.5) is 0 Å². The van der Waals surface area contributed by atoms with Gasteiger partial charge in [0.2, 0.25) is 5.82 Å². The third-order valence-electron chi connectivity index (χ3n) is 4.29. The number of amides is 2. The van der Waals surface area contributed by atoms with Crippen LogP contribution < -0.4 is 16.3 Å². The summed E-state index contributed by atoms with van der Waals surface area (Å²) in [5.74, 6) is -1.20. The fraction of sp³-hybridized carbons (Fsp3) is 0.0952. The Labute approximate surface area is 180 Å². The van der Waals surface area contributed by atoms with Crippen molar-refractivity contribution in [3.8, 4) is 11.4 Å². The molecule has 4 rings (SSSR count). The van der Waals surface area contributed by atoms with E-state index < -0.39 is 17.4 Å². The average molecular weight is 439 g/mol. The van der Waals surface area contributed by atoms with Gasteiger partial charge in [0.1, 0.15) is 11.1 Å². The number of hydrogen-bond acceptors (Lipinski definition) is 7. The summed E-state index contributed by atoms with van der Waals surface area (Å²) in [4.78, 5) is 40.5. The van der Waals surface area contributed by atoms with Crippen LogP contribution in [0.5, 0.6) is 0 Å². The Bertz CT molecular complexity index is 1330. The van der Waals surface area contributed by atoms with Gasteiger partial charge >= 0.3 is 17.4 Å². The van der Waals surface area contributed by atoms with Gasteiger partial charge in [-0.05, 0) is 24.3 Å². The molecule has 4 aromatic rings. The fourth-order valence-electron chi connectivity index (χ4n) is 2.80. The Kier molecular flexibility index (Phi) is 5.76. The third-order valence-corrected chi connectivity index (χ3v) is 4.52. The van der Waals surface area contributed by atoms with E-state index in [1.165, 1.54) is 6.07 Å². The molecule has 2 N–H and O–H groups in total. The van der Waals surface area contributed by atoms with Crippen molar-refractivity contribution in [1.29, 1.82) is 0 Å². The van der Waals surface area contributed by atoms with E-state index in [1.807, 2.05) is 0 Å². The highest BCUT2D eigenvalue weighted by Gasteiger charge is 2.17. The van der Waals surface area contributed by atoms with Gasteiger partial charge in [0.25, 0.3) is 5.91 Å². The molecule has 0 saturated carbocycles. The highest BCUT2D eigenvalue weighted by Crippen LogP contribution is 2.19. The lowest BCUT2D eigenvalue weighted by molar-refractivity contribution is 0.0897. The number of nitrogens with zero attached hydrogens (tertiary/aromatic N) is 2. The summed E-state index contributed by atoms with van der Waals surface area (Å²) in [6.07, 6.45) is 0. The Hall–Kier alpha value is -3.98. The molecule has 0 fully saturated rings. The first-order valence-electron chi connectivity index (χ1n) is 9.20. The lowest BCUT2D eigenvalue weighted by Crippen LogP contribution is -2.36. The highest BCUT2D eigenvalue weighted by molar-refractivity contribution is 6.30. The molecule has 0 unspecified atom stereocenters. The van der Waals surface area contributed by atoms with Crippen molar-refractivity contribution < 1.29 is 18.5 Å². The normalized spacial score (nSPS) is 10.7. The standard InChI is InChI=1S/C21H15ClN4O5/c22-14-6-3-5-13(10-14)17-25-20(31-26-17)19(28)24-9-8-23-18(27)15-11-12-4-1-2-7-16(12)30-21(15)29/h1-7,10-11H,8-9H2,(H,23,27)(H,24,28). The van der Waals surface area contributed by atoms with Crippen LogP contribution in [-0.4, -0.2) is 35.0 Å². The van der Waals surface area contributed by atoms with E-state index in [1.54, 1.807) is 48.5 Å². The summed E-state index contributed by atoms with van der Waals surface area (Å²) in [6, 6.07) is 15.2. The predicted molar refractivity (Wildman–Crippen MR) is 112 cm³/mol. The summed E-state index contributed by atoms with van der Waals surface area (Å²) in [6.45, 7) is 0.157. The molecule has 0 aliphatic carbocycles. The third kappa shape index (κ3) is 4.62. The molecule has 10 heteroatoms. The minimum Gasteiger partial charge on any atom is -0.422 e. The maximum absolute atomic E-state index is 12.3. The van der Waals surface area contributed by atoms with Crippen molar-refractivity contribution in [2.24, 2.45) is 0 Å². The molecule has 9 nitrogen and oxygen atoms in total. The molecular weight excluding hydrogens is 424 g/mol. The zero-order chi connectivity index (χ0) is 21.8. The SMILES string of the molecule is O=C(NCCNC(=O)c1cc2ccccc2oc1=O)c1nc(-c2cccc(Cl)c2)no1. The molecule has 0 aliphatic rings. The molecule has 0 bridgehead atoms. The summed E-state index contributed by atoms with van der Waals surface area (Å²) in [7, 11) is 0. The van der Waals surface area contributed by atoms with Crippen molar-refractivity contribution >= 4 is 34.4 Å². The molecule has 0 saturated heterocycles. The quantitative estimate of drug-likeness (QED) is 0.350. The topological polar surface area (TPSA) is 127 Å². The van der Waals surface area contributed by atoms with E-state index in [2.05, 4.69) is 20.8 Å². The van der Waals surface area contributed by atoms with Crippen molar-refractivity contribution in [2.45, 2.75) is 0 Å². The van der Waals surface area contributed by atoms with Crippen LogP contribution in [0.15, 0.2) is 68.3 Å². The minimum atomic E-state index is -0.736. The lowest BCUT2D eigenvalue weighted by atomic mass is 10.2. The van der Waals surface area contributed by atoms with Gasteiger partial charge in [0.05, 0.1) is 0 Å². The van der Waals surface area contributed by atoms with Gasteiger partial charge in [-0.15, -0.1) is 0 Å². The van der Waals surface area contributed by atoms with Crippen molar-refractivity contribution in [3.63, 3.8) is 0 Å². The first-order chi connectivity index (χ1) is 15.0. The van der Waals surface area contributed by atoms with Crippen LogP contribution in [0.25, 0.3) is 22.4 Å². The van der Waals surface area contributed by atoms with E-state index in [4.69, 9.17) is 20.5 Å². The van der Waals surface area contributed by atoms with Gasteiger partial charge in [-0.25, -0.2) is 4.79 Å². The molecule has 31 heavy (non-hydrogen) atoms. The number of carbonyl (C=O) groups is 2. The molecule has 2 aromatic carbocycles. The van der Waals surface area contributed by atoms with Crippen molar-refractivity contribution in [1.82, 2.24) is 20.8 Å². The second-order valence-corrected chi connectivity index (χ2v) is 6.87. The van der Waals surface area contributed by atoms with Crippen LogP contribution in [0.3, 0.4) is 0 Å². The number of para-hydroxylation sites is 1. The second kappa shape index (κ2) is 8.80. The fourth-order valence-corrected chi connectivity index (χ4v) is 2.99. The molecule has 2 heterocycles. The monoisotopic (exact) mass is 438 g/mol.